The second-order valence-corrected chi connectivity index (χ2v) is 8.34. The highest BCUT2D eigenvalue weighted by Gasteiger charge is 2.25. The first-order chi connectivity index (χ1) is 13.8. The summed E-state index contributed by atoms with van der Waals surface area (Å²) >= 11 is 1.60. The normalized spacial score (nSPS) is 11.7. The number of rotatable bonds is 8. The van der Waals surface area contributed by atoms with Crippen molar-refractivity contribution >= 4 is 29.2 Å². The van der Waals surface area contributed by atoms with Crippen molar-refractivity contribution in [3.05, 3.63) is 71.2 Å². The molecular weight excluding hydrogens is 384 g/mol. The van der Waals surface area contributed by atoms with Gasteiger partial charge >= 0.3 is 0 Å². The summed E-state index contributed by atoms with van der Waals surface area (Å²) in [7, 11) is 0. The second-order valence-electron chi connectivity index (χ2n) is 7.39. The summed E-state index contributed by atoms with van der Waals surface area (Å²) in [5.74, 6) is -0.740. The number of aromatic nitrogens is 2. The van der Waals surface area contributed by atoms with E-state index in [-0.39, 0.29) is 12.5 Å². The highest BCUT2D eigenvalue weighted by molar-refractivity contribution is 7.13. The number of carbonyl (C=O) groups excluding carboxylic acids is 2. The number of hydrogen-bond acceptors (Lipinski definition) is 4. The monoisotopic (exact) mass is 408 g/mol. The van der Waals surface area contributed by atoms with Gasteiger partial charge in [-0.1, -0.05) is 36.4 Å². The lowest BCUT2D eigenvalue weighted by Gasteiger charge is -2.19. The van der Waals surface area contributed by atoms with Gasteiger partial charge in [0.05, 0.1) is 16.8 Å². The minimum absolute atomic E-state index is 0.177. The largest absolute Gasteiger partial charge is 0.369 e. The number of nitrogens with two attached hydrogens (primary N) is 1. The van der Waals surface area contributed by atoms with E-state index in [0.29, 0.717) is 6.54 Å². The van der Waals surface area contributed by atoms with Gasteiger partial charge in [-0.05, 0) is 36.9 Å². The van der Waals surface area contributed by atoms with Gasteiger partial charge in [0.25, 0.3) is 0 Å². The molecular formula is C22H24N4O2S. The zero-order chi connectivity index (χ0) is 20.9. The van der Waals surface area contributed by atoms with Gasteiger partial charge in [0, 0.05) is 24.4 Å². The van der Waals surface area contributed by atoms with Crippen LogP contribution in [-0.2, 0) is 16.1 Å². The first kappa shape index (κ1) is 20.5. The molecule has 29 heavy (non-hydrogen) atoms. The van der Waals surface area contributed by atoms with Crippen LogP contribution in [-0.4, -0.2) is 28.1 Å². The molecule has 2 heterocycles. The van der Waals surface area contributed by atoms with E-state index in [2.05, 4.69) is 17.4 Å². The number of amides is 2. The molecule has 7 heteroatoms. The summed E-state index contributed by atoms with van der Waals surface area (Å²) in [6, 6.07) is 14.1. The standard InChI is InChI=1S/C22H24N4O2S/c1-22(2,21(23)28)15-24-19(27)11-10-17-14-26(13-16-7-4-3-5-8-16)25-20(17)18-9-6-12-29-18/h3-12,14H,13,15H2,1-2H3,(H2,23,28)(H,24,27)/b11-10+. The van der Waals surface area contributed by atoms with Crippen molar-refractivity contribution in [1.29, 1.82) is 0 Å². The topological polar surface area (TPSA) is 90.0 Å². The molecule has 2 amide bonds. The molecule has 0 unspecified atom stereocenters. The Morgan fingerprint density at radius 2 is 1.97 bits per heavy atom. The number of primary amides is 1. The van der Waals surface area contributed by atoms with Crippen molar-refractivity contribution < 1.29 is 9.59 Å². The molecule has 2 aromatic heterocycles. The molecule has 0 bridgehead atoms. The molecule has 0 aliphatic heterocycles. The number of thiophene rings is 1. The maximum atomic E-state index is 12.2. The van der Waals surface area contributed by atoms with Crippen molar-refractivity contribution in [3.8, 4) is 10.6 Å². The average Bonchev–Trinajstić information content (AvgIpc) is 3.35. The molecule has 0 aliphatic rings. The van der Waals surface area contributed by atoms with Gasteiger partial charge in [0.1, 0.15) is 5.69 Å². The maximum absolute atomic E-state index is 12.2. The fraction of sp³-hybridized carbons (Fsp3) is 0.227. The summed E-state index contributed by atoms with van der Waals surface area (Å²) in [6.07, 6.45) is 5.13. The molecule has 3 N–H and O–H groups in total. The van der Waals surface area contributed by atoms with Crippen LogP contribution in [0.2, 0.25) is 0 Å². The molecule has 0 spiro atoms. The molecule has 0 fully saturated rings. The Kier molecular flexibility index (Phi) is 6.29. The summed E-state index contributed by atoms with van der Waals surface area (Å²) in [5.41, 5.74) is 7.38. The van der Waals surface area contributed by atoms with E-state index in [0.717, 1.165) is 21.7 Å². The minimum atomic E-state index is -0.799. The first-order valence-electron chi connectivity index (χ1n) is 9.26. The van der Waals surface area contributed by atoms with Crippen LogP contribution in [0.1, 0.15) is 25.0 Å². The zero-order valence-electron chi connectivity index (χ0n) is 16.5. The van der Waals surface area contributed by atoms with Crippen LogP contribution in [0.5, 0.6) is 0 Å². The predicted molar refractivity (Wildman–Crippen MR) is 116 cm³/mol. The van der Waals surface area contributed by atoms with Crippen molar-refractivity contribution in [2.75, 3.05) is 6.54 Å². The van der Waals surface area contributed by atoms with Crippen LogP contribution >= 0.6 is 11.3 Å². The Labute approximate surface area is 174 Å². The van der Waals surface area contributed by atoms with Gasteiger partial charge in [-0.2, -0.15) is 5.10 Å². The molecule has 0 atom stereocenters. The van der Waals surface area contributed by atoms with Crippen LogP contribution < -0.4 is 11.1 Å². The molecule has 0 radical (unpaired) electrons. The molecule has 6 nitrogen and oxygen atoms in total. The third-order valence-electron chi connectivity index (χ3n) is 4.52. The predicted octanol–water partition coefficient (Wildman–Crippen LogP) is 3.30. The molecule has 0 aliphatic carbocycles. The SMILES string of the molecule is CC(C)(CNC(=O)/C=C/c1cn(Cc2ccccc2)nc1-c1cccs1)C(N)=O. The van der Waals surface area contributed by atoms with Gasteiger partial charge in [0.2, 0.25) is 11.8 Å². The number of carbonyl (C=O) groups is 2. The maximum Gasteiger partial charge on any atom is 0.244 e. The van der Waals surface area contributed by atoms with Crippen LogP contribution in [0, 0.1) is 5.41 Å². The van der Waals surface area contributed by atoms with Gasteiger partial charge in [-0.25, -0.2) is 0 Å². The van der Waals surface area contributed by atoms with Gasteiger partial charge in [0.15, 0.2) is 0 Å². The summed E-state index contributed by atoms with van der Waals surface area (Å²) in [6.45, 7) is 4.21. The third-order valence-corrected chi connectivity index (χ3v) is 5.39. The molecule has 3 rings (SSSR count). The Hall–Kier alpha value is -3.19. The fourth-order valence-electron chi connectivity index (χ4n) is 2.63. The van der Waals surface area contributed by atoms with Crippen LogP contribution in [0.3, 0.4) is 0 Å². The van der Waals surface area contributed by atoms with Crippen molar-refractivity contribution in [3.63, 3.8) is 0 Å². The lowest BCUT2D eigenvalue weighted by Crippen LogP contribution is -2.41. The van der Waals surface area contributed by atoms with Crippen LogP contribution in [0.15, 0.2) is 60.1 Å². The third kappa shape index (κ3) is 5.42. The second kappa shape index (κ2) is 8.87. The van der Waals surface area contributed by atoms with Crippen molar-refractivity contribution in [1.82, 2.24) is 15.1 Å². The summed E-state index contributed by atoms with van der Waals surface area (Å²) < 4.78 is 1.87. The Morgan fingerprint density at radius 1 is 1.21 bits per heavy atom. The number of benzene rings is 1. The van der Waals surface area contributed by atoms with E-state index in [9.17, 15) is 9.59 Å². The first-order valence-corrected chi connectivity index (χ1v) is 10.1. The van der Waals surface area contributed by atoms with Crippen molar-refractivity contribution in [2.45, 2.75) is 20.4 Å². The minimum Gasteiger partial charge on any atom is -0.369 e. The van der Waals surface area contributed by atoms with Crippen LogP contribution in [0.25, 0.3) is 16.6 Å². The summed E-state index contributed by atoms with van der Waals surface area (Å²) in [4.78, 5) is 24.6. The average molecular weight is 409 g/mol. The molecule has 0 saturated carbocycles. The fourth-order valence-corrected chi connectivity index (χ4v) is 3.37. The van der Waals surface area contributed by atoms with Crippen LogP contribution in [0.4, 0.5) is 0 Å². The quantitative estimate of drug-likeness (QED) is 0.561. The highest BCUT2D eigenvalue weighted by Crippen LogP contribution is 2.27. The summed E-state index contributed by atoms with van der Waals surface area (Å²) in [5, 5.41) is 9.44. The Bertz CT molecular complexity index is 1000. The van der Waals surface area contributed by atoms with E-state index in [4.69, 9.17) is 10.8 Å². The molecule has 0 saturated heterocycles. The molecule has 1 aromatic carbocycles. The van der Waals surface area contributed by atoms with E-state index < -0.39 is 11.3 Å². The smallest absolute Gasteiger partial charge is 0.244 e. The lowest BCUT2D eigenvalue weighted by molar-refractivity contribution is -0.126. The highest BCUT2D eigenvalue weighted by atomic mass is 32.1. The Morgan fingerprint density at radius 3 is 2.62 bits per heavy atom. The zero-order valence-corrected chi connectivity index (χ0v) is 17.3. The number of hydrogen-bond donors (Lipinski definition) is 2. The van der Waals surface area contributed by atoms with E-state index in [1.165, 1.54) is 6.08 Å². The van der Waals surface area contributed by atoms with Crippen molar-refractivity contribution in [2.24, 2.45) is 11.1 Å². The van der Waals surface area contributed by atoms with E-state index in [1.807, 2.05) is 46.6 Å². The number of nitrogens with one attached hydrogen (secondary N) is 1. The lowest BCUT2D eigenvalue weighted by atomic mass is 9.93. The van der Waals surface area contributed by atoms with Gasteiger partial charge in [-0.3, -0.25) is 14.3 Å². The van der Waals surface area contributed by atoms with E-state index >= 15 is 0 Å². The number of nitrogens with zero attached hydrogens (tertiary/aromatic N) is 2. The van der Waals surface area contributed by atoms with E-state index in [1.54, 1.807) is 31.3 Å². The molecule has 3 aromatic rings. The Balaban J connectivity index is 1.77. The van der Waals surface area contributed by atoms with Gasteiger partial charge < -0.3 is 11.1 Å². The van der Waals surface area contributed by atoms with Gasteiger partial charge in [-0.15, -0.1) is 11.3 Å². The molecule has 150 valence electrons.